The summed E-state index contributed by atoms with van der Waals surface area (Å²) in [6, 6.07) is 3.86. The van der Waals surface area contributed by atoms with Crippen LogP contribution in [0.3, 0.4) is 0 Å². The molecule has 84 valence electrons. The van der Waals surface area contributed by atoms with E-state index < -0.39 is 11.9 Å². The average molecular weight is 284 g/mol. The molecular formula is C12H11BrFNO. The van der Waals surface area contributed by atoms with Crippen molar-refractivity contribution in [3.8, 4) is 12.3 Å². The van der Waals surface area contributed by atoms with E-state index >= 15 is 0 Å². The molecule has 16 heavy (non-hydrogen) atoms. The largest absolute Gasteiger partial charge is 0.321 e. The van der Waals surface area contributed by atoms with Crippen molar-refractivity contribution >= 4 is 21.7 Å². The van der Waals surface area contributed by atoms with Gasteiger partial charge < -0.3 is 5.73 Å². The van der Waals surface area contributed by atoms with Gasteiger partial charge in [-0.3, -0.25) is 4.79 Å². The van der Waals surface area contributed by atoms with E-state index in [0.717, 1.165) is 0 Å². The van der Waals surface area contributed by atoms with Gasteiger partial charge in [0, 0.05) is 12.8 Å². The zero-order chi connectivity index (χ0) is 12.1. The van der Waals surface area contributed by atoms with Crippen LogP contribution in [0, 0.1) is 18.2 Å². The van der Waals surface area contributed by atoms with Crippen molar-refractivity contribution in [2.45, 2.75) is 18.9 Å². The van der Waals surface area contributed by atoms with Crippen LogP contribution < -0.4 is 5.73 Å². The minimum absolute atomic E-state index is 0.0845. The third-order valence-corrected chi connectivity index (χ3v) is 3.04. The van der Waals surface area contributed by atoms with Crippen molar-refractivity contribution in [1.82, 2.24) is 0 Å². The number of hydrogen-bond acceptors (Lipinski definition) is 2. The summed E-state index contributed by atoms with van der Waals surface area (Å²) in [5.74, 6) is 1.75. The molecule has 1 rings (SSSR count). The Hall–Kier alpha value is -1.18. The number of rotatable bonds is 4. The summed E-state index contributed by atoms with van der Waals surface area (Å²) in [5, 5.41) is 0. The number of carbonyl (C=O) groups is 1. The van der Waals surface area contributed by atoms with Crippen LogP contribution in [0.1, 0.15) is 12.0 Å². The van der Waals surface area contributed by atoms with Gasteiger partial charge in [0.1, 0.15) is 5.82 Å². The fourth-order valence-electron chi connectivity index (χ4n) is 1.24. The maximum Gasteiger partial charge on any atom is 0.154 e. The number of nitrogens with two attached hydrogens (primary N) is 1. The van der Waals surface area contributed by atoms with Gasteiger partial charge in [-0.05, 0) is 27.6 Å². The zero-order valence-corrected chi connectivity index (χ0v) is 10.1. The summed E-state index contributed by atoms with van der Waals surface area (Å²) in [6.45, 7) is 0. The second kappa shape index (κ2) is 5.78. The smallest absolute Gasteiger partial charge is 0.154 e. The molecule has 0 aromatic heterocycles. The summed E-state index contributed by atoms with van der Waals surface area (Å²) < 4.78 is 13.5. The van der Waals surface area contributed by atoms with Crippen LogP contribution >= 0.6 is 15.9 Å². The molecule has 0 aliphatic carbocycles. The van der Waals surface area contributed by atoms with Crippen LogP contribution in [0.5, 0.6) is 0 Å². The Morgan fingerprint density at radius 2 is 2.31 bits per heavy atom. The van der Waals surface area contributed by atoms with E-state index in [1.807, 2.05) is 0 Å². The minimum atomic E-state index is -0.680. The van der Waals surface area contributed by atoms with Crippen LogP contribution in [0.15, 0.2) is 22.7 Å². The summed E-state index contributed by atoms with van der Waals surface area (Å²) in [7, 11) is 0. The Balaban J connectivity index is 2.78. The highest BCUT2D eigenvalue weighted by Crippen LogP contribution is 2.21. The molecule has 0 aliphatic rings. The quantitative estimate of drug-likeness (QED) is 0.860. The van der Waals surface area contributed by atoms with Gasteiger partial charge in [0.15, 0.2) is 5.78 Å². The van der Waals surface area contributed by atoms with Crippen molar-refractivity contribution in [2.24, 2.45) is 5.73 Å². The molecule has 0 amide bonds. The summed E-state index contributed by atoms with van der Waals surface area (Å²) in [5.41, 5.74) is 6.14. The number of benzene rings is 1. The van der Waals surface area contributed by atoms with Crippen LogP contribution in [0.2, 0.25) is 0 Å². The van der Waals surface area contributed by atoms with Gasteiger partial charge in [-0.15, -0.1) is 12.3 Å². The minimum Gasteiger partial charge on any atom is -0.321 e. The number of halogens is 2. The van der Waals surface area contributed by atoms with Crippen molar-refractivity contribution in [3.05, 3.63) is 34.1 Å². The van der Waals surface area contributed by atoms with Crippen LogP contribution in [-0.4, -0.2) is 11.8 Å². The number of Topliss-reactive ketones (excluding diaryl/α,β-unsaturated/α-hetero) is 1. The first kappa shape index (κ1) is 12.9. The Labute approximate surface area is 102 Å². The predicted octanol–water partition coefficient (Wildman–Crippen LogP) is 2.05. The molecule has 1 aromatic rings. The number of carbonyl (C=O) groups excluding carboxylic acids is 1. The van der Waals surface area contributed by atoms with Gasteiger partial charge in [0.2, 0.25) is 0 Å². The van der Waals surface area contributed by atoms with Gasteiger partial charge in [-0.25, -0.2) is 4.39 Å². The van der Waals surface area contributed by atoms with E-state index in [0.29, 0.717) is 10.0 Å². The number of terminal acetylenes is 1. The number of ketones is 1. The lowest BCUT2D eigenvalue weighted by atomic mass is 10.0. The lowest BCUT2D eigenvalue weighted by Gasteiger charge is -2.08. The van der Waals surface area contributed by atoms with Crippen molar-refractivity contribution in [2.75, 3.05) is 0 Å². The maximum absolute atomic E-state index is 13.2. The molecule has 0 heterocycles. The Bertz CT molecular complexity index is 439. The molecule has 0 saturated carbocycles. The van der Waals surface area contributed by atoms with Crippen molar-refractivity contribution < 1.29 is 9.18 Å². The van der Waals surface area contributed by atoms with Crippen molar-refractivity contribution in [3.63, 3.8) is 0 Å². The monoisotopic (exact) mass is 283 g/mol. The molecule has 2 nitrogen and oxygen atoms in total. The van der Waals surface area contributed by atoms with Gasteiger partial charge in [0.25, 0.3) is 0 Å². The fourth-order valence-corrected chi connectivity index (χ4v) is 1.65. The topological polar surface area (TPSA) is 43.1 Å². The second-order valence-electron chi connectivity index (χ2n) is 3.37. The van der Waals surface area contributed by atoms with Gasteiger partial charge in [0.05, 0.1) is 10.5 Å². The van der Waals surface area contributed by atoms with Gasteiger partial charge >= 0.3 is 0 Å². The molecule has 1 aromatic carbocycles. The van der Waals surface area contributed by atoms with E-state index in [-0.39, 0.29) is 18.6 Å². The van der Waals surface area contributed by atoms with Crippen molar-refractivity contribution in [1.29, 1.82) is 0 Å². The zero-order valence-electron chi connectivity index (χ0n) is 8.54. The Morgan fingerprint density at radius 3 is 2.94 bits per heavy atom. The van der Waals surface area contributed by atoms with E-state index in [2.05, 4.69) is 21.9 Å². The standard InChI is InChI=1S/C12H11BrFNO/c1-2-4-10(15)11(16)7-8-5-3-6-9(14)12(8)13/h1,3,5-6,10H,4,7,15H2. The SMILES string of the molecule is C#CCC(N)C(=O)Cc1cccc(F)c1Br. The van der Waals surface area contributed by atoms with Crippen LogP contribution in [0.4, 0.5) is 4.39 Å². The Morgan fingerprint density at radius 1 is 1.62 bits per heavy atom. The molecule has 0 aliphatic heterocycles. The summed E-state index contributed by atoms with van der Waals surface area (Å²) in [4.78, 5) is 11.6. The lowest BCUT2D eigenvalue weighted by molar-refractivity contribution is -0.119. The van der Waals surface area contributed by atoms with E-state index in [1.54, 1.807) is 12.1 Å². The molecule has 0 saturated heterocycles. The molecule has 4 heteroatoms. The first-order chi connectivity index (χ1) is 7.56. The van der Waals surface area contributed by atoms with Crippen LogP contribution in [0.25, 0.3) is 0 Å². The first-order valence-electron chi connectivity index (χ1n) is 4.71. The lowest BCUT2D eigenvalue weighted by Crippen LogP contribution is -2.31. The van der Waals surface area contributed by atoms with Gasteiger partial charge in [-0.1, -0.05) is 12.1 Å². The predicted molar refractivity (Wildman–Crippen MR) is 64.2 cm³/mol. The third kappa shape index (κ3) is 3.16. The van der Waals surface area contributed by atoms with Crippen LogP contribution in [-0.2, 0) is 11.2 Å². The van der Waals surface area contributed by atoms with E-state index in [9.17, 15) is 9.18 Å². The molecule has 1 atom stereocenters. The highest BCUT2D eigenvalue weighted by atomic mass is 79.9. The Kier molecular flexibility index (Phi) is 4.66. The molecule has 0 fully saturated rings. The molecule has 2 N–H and O–H groups in total. The summed E-state index contributed by atoms with van der Waals surface area (Å²) >= 11 is 3.09. The molecule has 0 radical (unpaired) electrons. The highest BCUT2D eigenvalue weighted by Gasteiger charge is 2.15. The molecule has 0 bridgehead atoms. The fraction of sp³-hybridized carbons (Fsp3) is 0.250. The molecular weight excluding hydrogens is 273 g/mol. The first-order valence-corrected chi connectivity index (χ1v) is 5.50. The normalized spacial score (nSPS) is 11.9. The maximum atomic E-state index is 13.2. The van der Waals surface area contributed by atoms with E-state index in [1.165, 1.54) is 6.07 Å². The number of hydrogen-bond donors (Lipinski definition) is 1. The highest BCUT2D eigenvalue weighted by molar-refractivity contribution is 9.10. The van der Waals surface area contributed by atoms with Gasteiger partial charge in [-0.2, -0.15) is 0 Å². The third-order valence-electron chi connectivity index (χ3n) is 2.15. The average Bonchev–Trinajstić information content (AvgIpc) is 2.25. The molecule has 1 unspecified atom stereocenters. The second-order valence-corrected chi connectivity index (χ2v) is 4.16. The van der Waals surface area contributed by atoms with E-state index in [4.69, 9.17) is 12.2 Å². The summed E-state index contributed by atoms with van der Waals surface area (Å²) in [6.07, 6.45) is 5.35. The molecule has 0 spiro atoms.